The summed E-state index contributed by atoms with van der Waals surface area (Å²) in [6.07, 6.45) is 4.61. The molecule has 0 unspecified atom stereocenters. The minimum atomic E-state index is -0.137. The Kier molecular flexibility index (Phi) is 5.69. The summed E-state index contributed by atoms with van der Waals surface area (Å²) < 4.78 is 1.95. The van der Waals surface area contributed by atoms with Crippen LogP contribution in [0.15, 0.2) is 37.2 Å². The van der Waals surface area contributed by atoms with E-state index < -0.39 is 0 Å². The fraction of sp³-hybridized carbons (Fsp3) is 0.400. The van der Waals surface area contributed by atoms with Gasteiger partial charge in [-0.1, -0.05) is 26.5 Å². The fourth-order valence-corrected chi connectivity index (χ4v) is 3.44. The molecule has 2 amide bonds. The number of amides is 2. The van der Waals surface area contributed by atoms with Crippen molar-refractivity contribution in [3.63, 3.8) is 0 Å². The average Bonchev–Trinajstić information content (AvgIpc) is 3.15. The van der Waals surface area contributed by atoms with Gasteiger partial charge in [0.25, 0.3) is 5.91 Å². The summed E-state index contributed by atoms with van der Waals surface area (Å²) in [5, 5.41) is 11.0. The van der Waals surface area contributed by atoms with Crippen molar-refractivity contribution in [1.82, 2.24) is 20.1 Å². The molecule has 3 rings (SSSR count). The first kappa shape index (κ1) is 18.8. The van der Waals surface area contributed by atoms with Crippen LogP contribution in [0.5, 0.6) is 0 Å². The average molecular weight is 367 g/mol. The third-order valence-electron chi connectivity index (χ3n) is 4.74. The van der Waals surface area contributed by atoms with Crippen LogP contribution in [0.25, 0.3) is 0 Å². The molecule has 142 valence electrons. The monoisotopic (exact) mass is 367 g/mol. The molecule has 2 aromatic rings. The van der Waals surface area contributed by atoms with Crippen molar-refractivity contribution >= 4 is 17.5 Å². The van der Waals surface area contributed by atoms with Crippen LogP contribution in [0.2, 0.25) is 0 Å². The largest absolute Gasteiger partial charge is 0.350 e. The molecule has 7 nitrogen and oxygen atoms in total. The maximum absolute atomic E-state index is 12.7. The van der Waals surface area contributed by atoms with Crippen molar-refractivity contribution in [1.29, 1.82) is 0 Å². The van der Waals surface area contributed by atoms with Crippen LogP contribution < -0.4 is 10.2 Å². The molecule has 2 heterocycles. The Hall–Kier alpha value is -2.96. The summed E-state index contributed by atoms with van der Waals surface area (Å²) in [4.78, 5) is 26.5. The smallest absolute Gasteiger partial charge is 0.251 e. The lowest BCUT2D eigenvalue weighted by Gasteiger charge is -2.29. The molecule has 0 bridgehead atoms. The van der Waals surface area contributed by atoms with Gasteiger partial charge >= 0.3 is 0 Å². The van der Waals surface area contributed by atoms with Crippen molar-refractivity contribution in [3.8, 4) is 0 Å². The number of hydrogen-bond acceptors (Lipinski definition) is 4. The number of benzene rings is 1. The molecule has 1 N–H and O–H groups in total. The zero-order chi connectivity index (χ0) is 19.4. The molecular weight excluding hydrogens is 342 g/mol. The van der Waals surface area contributed by atoms with Gasteiger partial charge in [-0.3, -0.25) is 9.59 Å². The summed E-state index contributed by atoms with van der Waals surface area (Å²) in [6, 6.07) is 5.52. The standard InChI is InChI=1S/C20H25N5O2/c1-4-18(26)25-11-6-8-15-16(7-5-9-17(15)25)20(27)21-10-12-24-13-22-23-19(24)14(2)3/h4-5,7,9,13-14H,1,6,8,10-12H2,2-3H3,(H,21,27). The van der Waals surface area contributed by atoms with Crippen LogP contribution in [-0.2, 0) is 17.8 Å². The molecule has 0 aliphatic carbocycles. The first-order chi connectivity index (χ1) is 13.0. The van der Waals surface area contributed by atoms with Crippen LogP contribution in [0.4, 0.5) is 5.69 Å². The number of anilines is 1. The van der Waals surface area contributed by atoms with E-state index in [1.807, 2.05) is 22.8 Å². The molecule has 7 heteroatoms. The lowest BCUT2D eigenvalue weighted by Crippen LogP contribution is -2.36. The molecule has 0 saturated heterocycles. The van der Waals surface area contributed by atoms with Crippen LogP contribution in [0, 0.1) is 0 Å². The van der Waals surface area contributed by atoms with Crippen LogP contribution in [0.3, 0.4) is 0 Å². The molecule has 27 heavy (non-hydrogen) atoms. The summed E-state index contributed by atoms with van der Waals surface area (Å²) in [6.45, 7) is 9.43. The zero-order valence-corrected chi connectivity index (χ0v) is 15.8. The van der Waals surface area contributed by atoms with Crippen LogP contribution in [-0.4, -0.2) is 39.7 Å². The number of carbonyl (C=O) groups is 2. The first-order valence-electron chi connectivity index (χ1n) is 9.24. The Morgan fingerprint density at radius 1 is 1.37 bits per heavy atom. The van der Waals surface area contributed by atoms with Crippen molar-refractivity contribution in [2.75, 3.05) is 18.0 Å². The highest BCUT2D eigenvalue weighted by Crippen LogP contribution is 2.30. The Labute approximate surface area is 159 Å². The van der Waals surface area contributed by atoms with E-state index >= 15 is 0 Å². The normalized spacial score (nSPS) is 13.4. The number of nitrogens with one attached hydrogen (secondary N) is 1. The van der Waals surface area contributed by atoms with E-state index in [9.17, 15) is 9.59 Å². The predicted octanol–water partition coefficient (Wildman–Crippen LogP) is 2.30. The van der Waals surface area contributed by atoms with Gasteiger partial charge in [0, 0.05) is 36.8 Å². The maximum atomic E-state index is 12.7. The second-order valence-electron chi connectivity index (χ2n) is 6.89. The number of carbonyl (C=O) groups excluding carboxylic acids is 2. The van der Waals surface area contributed by atoms with Gasteiger partial charge in [-0.25, -0.2) is 0 Å². The van der Waals surface area contributed by atoms with Crippen molar-refractivity contribution in [3.05, 3.63) is 54.1 Å². The van der Waals surface area contributed by atoms with Gasteiger partial charge in [0.2, 0.25) is 5.91 Å². The van der Waals surface area contributed by atoms with E-state index in [1.54, 1.807) is 11.2 Å². The lowest BCUT2D eigenvalue weighted by molar-refractivity contribution is -0.114. The highest BCUT2D eigenvalue weighted by atomic mass is 16.2. The highest BCUT2D eigenvalue weighted by Gasteiger charge is 2.24. The third kappa shape index (κ3) is 3.92. The van der Waals surface area contributed by atoms with E-state index in [4.69, 9.17) is 0 Å². The number of aromatic nitrogens is 3. The first-order valence-corrected chi connectivity index (χ1v) is 9.24. The van der Waals surface area contributed by atoms with E-state index in [2.05, 4.69) is 35.9 Å². The molecule has 1 aliphatic heterocycles. The summed E-state index contributed by atoms with van der Waals surface area (Å²) in [5.74, 6) is 0.916. The summed E-state index contributed by atoms with van der Waals surface area (Å²) in [7, 11) is 0. The number of rotatable bonds is 6. The van der Waals surface area contributed by atoms with Gasteiger partial charge in [0.05, 0.1) is 0 Å². The highest BCUT2D eigenvalue weighted by molar-refractivity contribution is 6.04. The maximum Gasteiger partial charge on any atom is 0.251 e. The van der Waals surface area contributed by atoms with E-state index in [0.717, 1.165) is 29.9 Å². The molecule has 1 aromatic carbocycles. The Balaban J connectivity index is 1.71. The molecule has 0 atom stereocenters. The predicted molar refractivity (Wildman–Crippen MR) is 104 cm³/mol. The van der Waals surface area contributed by atoms with E-state index in [0.29, 0.717) is 25.2 Å². The molecule has 0 spiro atoms. The van der Waals surface area contributed by atoms with Gasteiger partial charge in [-0.15, -0.1) is 10.2 Å². The number of fused-ring (bicyclic) bond motifs is 1. The molecule has 1 aliphatic rings. The molecule has 0 fully saturated rings. The number of nitrogens with zero attached hydrogens (tertiary/aromatic N) is 4. The lowest BCUT2D eigenvalue weighted by atomic mass is 9.95. The summed E-state index contributed by atoms with van der Waals surface area (Å²) >= 11 is 0. The van der Waals surface area contributed by atoms with Crippen molar-refractivity contribution in [2.24, 2.45) is 0 Å². The van der Waals surface area contributed by atoms with Gasteiger partial charge < -0.3 is 14.8 Å². The number of hydrogen-bond donors (Lipinski definition) is 1. The third-order valence-corrected chi connectivity index (χ3v) is 4.74. The molecule has 0 radical (unpaired) electrons. The van der Waals surface area contributed by atoms with Crippen molar-refractivity contribution < 1.29 is 9.59 Å². The Morgan fingerprint density at radius 3 is 2.93 bits per heavy atom. The molecule has 1 aromatic heterocycles. The Bertz CT molecular complexity index is 856. The van der Waals surface area contributed by atoms with Gasteiger partial charge in [0.1, 0.15) is 12.2 Å². The summed E-state index contributed by atoms with van der Waals surface area (Å²) in [5.41, 5.74) is 2.35. The minimum Gasteiger partial charge on any atom is -0.350 e. The van der Waals surface area contributed by atoms with Crippen molar-refractivity contribution in [2.45, 2.75) is 39.2 Å². The zero-order valence-electron chi connectivity index (χ0n) is 15.8. The van der Waals surface area contributed by atoms with Crippen LogP contribution in [0.1, 0.15) is 47.9 Å². The Morgan fingerprint density at radius 2 is 2.19 bits per heavy atom. The second-order valence-corrected chi connectivity index (χ2v) is 6.89. The quantitative estimate of drug-likeness (QED) is 0.795. The van der Waals surface area contributed by atoms with Gasteiger partial charge in [-0.2, -0.15) is 0 Å². The van der Waals surface area contributed by atoms with Gasteiger partial charge in [0.15, 0.2) is 0 Å². The molecular formula is C20H25N5O2. The SMILES string of the molecule is C=CC(=O)N1CCCc2c(C(=O)NCCn3cnnc3C(C)C)cccc21. The van der Waals surface area contributed by atoms with Gasteiger partial charge in [-0.05, 0) is 36.6 Å². The fourth-order valence-electron chi connectivity index (χ4n) is 3.44. The topological polar surface area (TPSA) is 80.1 Å². The second kappa shape index (κ2) is 8.16. The van der Waals surface area contributed by atoms with E-state index in [1.165, 1.54) is 6.08 Å². The van der Waals surface area contributed by atoms with Crippen LogP contribution >= 0.6 is 0 Å². The molecule has 0 saturated carbocycles. The van der Waals surface area contributed by atoms with E-state index in [-0.39, 0.29) is 17.7 Å². The minimum absolute atomic E-state index is 0.126.